The molecule has 3 rings (SSSR count). The van der Waals surface area contributed by atoms with E-state index in [0.29, 0.717) is 12.0 Å². The number of aromatic carboxylic acids is 1. The van der Waals surface area contributed by atoms with Gasteiger partial charge in [0.2, 0.25) is 11.8 Å². The summed E-state index contributed by atoms with van der Waals surface area (Å²) in [6.45, 7) is 0. The number of carboxylic acids is 1. The van der Waals surface area contributed by atoms with Crippen LogP contribution in [0.1, 0.15) is 34.7 Å². The molecule has 1 aliphatic rings. The van der Waals surface area contributed by atoms with Gasteiger partial charge in [0.1, 0.15) is 11.9 Å². The Morgan fingerprint density at radius 3 is 2.95 bits per heavy atom. The van der Waals surface area contributed by atoms with E-state index in [4.69, 9.17) is 0 Å². The highest BCUT2D eigenvalue weighted by molar-refractivity contribution is 6.01. The van der Waals surface area contributed by atoms with Crippen molar-refractivity contribution < 1.29 is 19.5 Å². The number of carbonyl (C=O) groups excluding carboxylic acids is 2. The molecule has 20 heavy (non-hydrogen) atoms. The van der Waals surface area contributed by atoms with Crippen molar-refractivity contribution in [3.8, 4) is 0 Å². The Morgan fingerprint density at radius 1 is 1.45 bits per heavy atom. The summed E-state index contributed by atoms with van der Waals surface area (Å²) in [5, 5.41) is 18.8. The largest absolute Gasteiger partial charge is 0.478 e. The fourth-order valence-corrected chi connectivity index (χ4v) is 2.32. The molecule has 2 aromatic heterocycles. The van der Waals surface area contributed by atoms with Crippen molar-refractivity contribution in [2.45, 2.75) is 18.8 Å². The molecular formula is C12H10N4O4. The lowest BCUT2D eigenvalue weighted by Crippen LogP contribution is -2.39. The maximum atomic E-state index is 11.8. The molecule has 1 atom stereocenters. The second kappa shape index (κ2) is 4.41. The average Bonchev–Trinajstić information content (AvgIpc) is 2.85. The maximum absolute atomic E-state index is 11.8. The van der Waals surface area contributed by atoms with Crippen LogP contribution in [0.3, 0.4) is 0 Å². The molecule has 0 spiro atoms. The molecule has 8 heteroatoms. The summed E-state index contributed by atoms with van der Waals surface area (Å²) in [7, 11) is 0. The summed E-state index contributed by atoms with van der Waals surface area (Å²) in [4.78, 5) is 34.2. The van der Waals surface area contributed by atoms with Crippen molar-refractivity contribution in [3.63, 3.8) is 0 Å². The van der Waals surface area contributed by atoms with Crippen LogP contribution in [-0.4, -0.2) is 37.5 Å². The Kier molecular flexibility index (Phi) is 2.70. The lowest BCUT2D eigenvalue weighted by molar-refractivity contribution is -0.134. The molecule has 0 aliphatic carbocycles. The van der Waals surface area contributed by atoms with Crippen LogP contribution in [0.25, 0.3) is 5.65 Å². The predicted octanol–water partition coefficient (Wildman–Crippen LogP) is -0.0523. The molecule has 3 heterocycles. The van der Waals surface area contributed by atoms with Crippen LogP contribution in [0.2, 0.25) is 0 Å². The molecule has 102 valence electrons. The zero-order valence-corrected chi connectivity index (χ0v) is 10.2. The summed E-state index contributed by atoms with van der Waals surface area (Å²) in [6.07, 6.45) is 3.58. The van der Waals surface area contributed by atoms with Crippen LogP contribution < -0.4 is 5.32 Å². The van der Waals surface area contributed by atoms with Crippen LogP contribution in [0.4, 0.5) is 0 Å². The molecule has 0 saturated carbocycles. The number of nitrogens with zero attached hydrogens (tertiary/aromatic N) is 3. The molecule has 0 radical (unpaired) electrons. The second-order valence-electron chi connectivity index (χ2n) is 4.56. The van der Waals surface area contributed by atoms with Crippen LogP contribution in [0.5, 0.6) is 0 Å². The molecule has 0 aromatic carbocycles. The van der Waals surface area contributed by atoms with Crippen LogP contribution in [-0.2, 0) is 9.59 Å². The highest BCUT2D eigenvalue weighted by Gasteiger charge is 2.29. The summed E-state index contributed by atoms with van der Waals surface area (Å²) in [6, 6.07) is 1.41. The molecule has 8 nitrogen and oxygen atoms in total. The highest BCUT2D eigenvalue weighted by Crippen LogP contribution is 2.26. The molecule has 1 unspecified atom stereocenters. The molecule has 2 N–H and O–H groups in total. The highest BCUT2D eigenvalue weighted by atomic mass is 16.4. The number of nitrogens with one attached hydrogen (secondary N) is 1. The monoisotopic (exact) mass is 274 g/mol. The van der Waals surface area contributed by atoms with Crippen molar-refractivity contribution >= 4 is 23.4 Å². The van der Waals surface area contributed by atoms with E-state index >= 15 is 0 Å². The van der Waals surface area contributed by atoms with E-state index in [-0.39, 0.29) is 23.5 Å². The standard InChI is InChI=1S/C12H10N4O4/c17-9-2-1-7(11(18)14-9)6-3-8(12(19)20)10-15-13-5-16(10)4-6/h3-5,7H,1-2H2,(H,19,20)(H,14,17,18). The first-order valence-corrected chi connectivity index (χ1v) is 5.96. The zero-order valence-electron chi connectivity index (χ0n) is 10.2. The molecule has 2 aromatic rings. The zero-order chi connectivity index (χ0) is 14.3. The number of hydrogen-bond donors (Lipinski definition) is 2. The van der Waals surface area contributed by atoms with Crippen LogP contribution in [0, 0.1) is 0 Å². The number of carboxylic acid groups (broad SMARTS) is 1. The van der Waals surface area contributed by atoms with E-state index in [1.807, 2.05) is 0 Å². The summed E-state index contributed by atoms with van der Waals surface area (Å²) in [5.41, 5.74) is 0.720. The Bertz CT molecular complexity index is 736. The van der Waals surface area contributed by atoms with Gasteiger partial charge in [0.25, 0.3) is 0 Å². The topological polar surface area (TPSA) is 114 Å². The van der Waals surface area contributed by atoms with E-state index in [1.165, 1.54) is 16.8 Å². The molecule has 1 saturated heterocycles. The van der Waals surface area contributed by atoms with Gasteiger partial charge in [0.15, 0.2) is 5.65 Å². The number of pyridine rings is 1. The SMILES string of the molecule is O=C1CCC(c2cc(C(=O)O)c3nncn3c2)C(=O)N1. The fraction of sp³-hybridized carbons (Fsp3) is 0.250. The van der Waals surface area contributed by atoms with Crippen LogP contribution >= 0.6 is 0 Å². The molecule has 1 fully saturated rings. The minimum Gasteiger partial charge on any atom is -0.478 e. The lowest BCUT2D eigenvalue weighted by Gasteiger charge is -2.21. The Balaban J connectivity index is 2.10. The van der Waals surface area contributed by atoms with Gasteiger partial charge in [-0.2, -0.15) is 0 Å². The molecule has 1 aliphatic heterocycles. The minimum atomic E-state index is -1.14. The molecule has 2 amide bonds. The normalized spacial score (nSPS) is 19.1. The van der Waals surface area contributed by atoms with E-state index in [9.17, 15) is 19.5 Å². The van der Waals surface area contributed by atoms with Gasteiger partial charge in [-0.25, -0.2) is 4.79 Å². The van der Waals surface area contributed by atoms with Crippen molar-refractivity contribution in [3.05, 3.63) is 29.7 Å². The summed E-state index contributed by atoms with van der Waals surface area (Å²) >= 11 is 0. The lowest BCUT2D eigenvalue weighted by atomic mass is 9.91. The predicted molar refractivity (Wildman–Crippen MR) is 65.1 cm³/mol. The van der Waals surface area contributed by atoms with E-state index in [1.54, 1.807) is 6.20 Å². The number of rotatable bonds is 2. The number of aromatic nitrogens is 3. The Hall–Kier alpha value is -2.77. The fourth-order valence-electron chi connectivity index (χ4n) is 2.32. The third-order valence-corrected chi connectivity index (χ3v) is 3.29. The van der Waals surface area contributed by atoms with Crippen LogP contribution in [0.15, 0.2) is 18.6 Å². The van der Waals surface area contributed by atoms with Crippen molar-refractivity contribution in [1.82, 2.24) is 19.9 Å². The summed E-state index contributed by atoms with van der Waals surface area (Å²) < 4.78 is 1.46. The average molecular weight is 274 g/mol. The van der Waals surface area contributed by atoms with Gasteiger partial charge >= 0.3 is 5.97 Å². The van der Waals surface area contributed by atoms with Crippen molar-refractivity contribution in [2.75, 3.05) is 0 Å². The maximum Gasteiger partial charge on any atom is 0.339 e. The molecule has 0 bridgehead atoms. The Labute approximate surface area is 112 Å². The van der Waals surface area contributed by atoms with Gasteiger partial charge in [0.05, 0.1) is 5.92 Å². The van der Waals surface area contributed by atoms with E-state index in [0.717, 1.165) is 0 Å². The summed E-state index contributed by atoms with van der Waals surface area (Å²) in [5.74, 6) is -2.41. The third-order valence-electron chi connectivity index (χ3n) is 3.29. The van der Waals surface area contributed by atoms with Crippen molar-refractivity contribution in [1.29, 1.82) is 0 Å². The second-order valence-corrected chi connectivity index (χ2v) is 4.56. The number of fused-ring (bicyclic) bond motifs is 1. The number of carbonyl (C=O) groups is 3. The van der Waals surface area contributed by atoms with Gasteiger partial charge in [-0.05, 0) is 18.1 Å². The van der Waals surface area contributed by atoms with Gasteiger partial charge in [-0.3, -0.25) is 19.3 Å². The molecular weight excluding hydrogens is 264 g/mol. The first-order chi connectivity index (χ1) is 9.56. The van der Waals surface area contributed by atoms with Gasteiger partial charge in [0, 0.05) is 12.6 Å². The number of piperidine rings is 1. The van der Waals surface area contributed by atoms with Crippen molar-refractivity contribution in [2.24, 2.45) is 0 Å². The Morgan fingerprint density at radius 2 is 2.25 bits per heavy atom. The third kappa shape index (κ3) is 1.91. The first-order valence-electron chi connectivity index (χ1n) is 5.96. The van der Waals surface area contributed by atoms with E-state index < -0.39 is 17.8 Å². The smallest absolute Gasteiger partial charge is 0.339 e. The number of imide groups is 1. The van der Waals surface area contributed by atoms with Gasteiger partial charge < -0.3 is 5.11 Å². The number of hydrogen-bond acceptors (Lipinski definition) is 5. The quantitative estimate of drug-likeness (QED) is 0.742. The van der Waals surface area contributed by atoms with Gasteiger partial charge in [-0.15, -0.1) is 10.2 Å². The first kappa shape index (κ1) is 12.3. The minimum absolute atomic E-state index is 0.0234. The van der Waals surface area contributed by atoms with Gasteiger partial charge in [-0.1, -0.05) is 0 Å². The number of amides is 2. The van der Waals surface area contributed by atoms with E-state index in [2.05, 4.69) is 15.5 Å².